The van der Waals surface area contributed by atoms with E-state index < -0.39 is 0 Å². The minimum absolute atomic E-state index is 0.126. The van der Waals surface area contributed by atoms with E-state index in [9.17, 15) is 4.79 Å². The number of nitrogens with one attached hydrogen (secondary N) is 1. The van der Waals surface area contributed by atoms with Crippen molar-refractivity contribution in [3.63, 3.8) is 0 Å². The molecule has 1 aromatic carbocycles. The number of benzene rings is 1. The Morgan fingerprint density at radius 3 is 2.59 bits per heavy atom. The monoisotopic (exact) mass is 234 g/mol. The summed E-state index contributed by atoms with van der Waals surface area (Å²) >= 11 is 0. The molecular weight excluding hydrogens is 216 g/mol. The van der Waals surface area contributed by atoms with Crippen LogP contribution < -0.4 is 10.2 Å². The molecule has 0 bridgehead atoms. The van der Waals surface area contributed by atoms with Crippen molar-refractivity contribution in [2.45, 2.75) is 12.8 Å². The SMILES string of the molecule is CN(CCO)c1ccc(NC(=O)C2CC2)cc1. The van der Waals surface area contributed by atoms with E-state index in [1.54, 1.807) is 0 Å². The lowest BCUT2D eigenvalue weighted by Crippen LogP contribution is -2.21. The molecule has 92 valence electrons. The third-order valence-electron chi connectivity index (χ3n) is 2.96. The minimum atomic E-state index is 0.126. The molecule has 0 aromatic heterocycles. The number of aliphatic hydroxyl groups is 1. The summed E-state index contributed by atoms with van der Waals surface area (Å²) in [6.45, 7) is 0.741. The van der Waals surface area contributed by atoms with Crippen LogP contribution in [0.4, 0.5) is 11.4 Å². The highest BCUT2D eigenvalue weighted by atomic mass is 16.3. The van der Waals surface area contributed by atoms with Crippen LogP contribution in [-0.4, -0.2) is 31.2 Å². The second-order valence-electron chi connectivity index (χ2n) is 4.46. The lowest BCUT2D eigenvalue weighted by Gasteiger charge is -2.18. The Labute approximate surface area is 101 Å². The summed E-state index contributed by atoms with van der Waals surface area (Å²) in [5.74, 6) is 0.355. The highest BCUT2D eigenvalue weighted by Crippen LogP contribution is 2.30. The zero-order chi connectivity index (χ0) is 12.3. The van der Waals surface area contributed by atoms with Gasteiger partial charge in [0, 0.05) is 30.9 Å². The molecule has 0 radical (unpaired) electrons. The van der Waals surface area contributed by atoms with Crippen molar-refractivity contribution in [1.29, 1.82) is 0 Å². The molecule has 17 heavy (non-hydrogen) atoms. The summed E-state index contributed by atoms with van der Waals surface area (Å²) in [5, 5.41) is 11.7. The van der Waals surface area contributed by atoms with Crippen molar-refractivity contribution in [1.82, 2.24) is 0 Å². The topological polar surface area (TPSA) is 52.6 Å². The fourth-order valence-electron chi connectivity index (χ4n) is 1.67. The predicted molar refractivity (Wildman–Crippen MR) is 68.2 cm³/mol. The third kappa shape index (κ3) is 3.20. The normalized spacial score (nSPS) is 14.5. The highest BCUT2D eigenvalue weighted by Gasteiger charge is 2.29. The van der Waals surface area contributed by atoms with Crippen molar-refractivity contribution in [2.75, 3.05) is 30.4 Å². The van der Waals surface area contributed by atoms with Crippen molar-refractivity contribution >= 4 is 17.3 Å². The Hall–Kier alpha value is -1.55. The molecule has 4 nitrogen and oxygen atoms in total. The van der Waals surface area contributed by atoms with Crippen LogP contribution in [0.2, 0.25) is 0 Å². The maximum Gasteiger partial charge on any atom is 0.227 e. The first-order valence-corrected chi connectivity index (χ1v) is 5.93. The van der Waals surface area contributed by atoms with Gasteiger partial charge in [-0.25, -0.2) is 0 Å². The molecule has 0 atom stereocenters. The van der Waals surface area contributed by atoms with Gasteiger partial charge in [0.15, 0.2) is 0 Å². The molecule has 0 aliphatic heterocycles. The van der Waals surface area contributed by atoms with E-state index in [1.807, 2.05) is 36.2 Å². The van der Waals surface area contributed by atoms with Crippen molar-refractivity contribution < 1.29 is 9.90 Å². The Kier molecular flexibility index (Phi) is 3.64. The summed E-state index contributed by atoms with van der Waals surface area (Å²) in [6.07, 6.45) is 2.03. The fraction of sp³-hybridized carbons (Fsp3) is 0.462. The van der Waals surface area contributed by atoms with Crippen molar-refractivity contribution in [2.24, 2.45) is 5.92 Å². The molecule has 0 unspecified atom stereocenters. The Morgan fingerprint density at radius 2 is 2.06 bits per heavy atom. The maximum atomic E-state index is 11.5. The first-order chi connectivity index (χ1) is 8.20. The van der Waals surface area contributed by atoms with Crippen LogP contribution in [0, 0.1) is 5.92 Å². The Balaban J connectivity index is 1.94. The predicted octanol–water partition coefficient (Wildman–Crippen LogP) is 1.46. The van der Waals surface area contributed by atoms with Crippen LogP contribution in [-0.2, 0) is 4.79 Å². The molecule has 0 heterocycles. The minimum Gasteiger partial charge on any atom is -0.395 e. The molecule has 2 N–H and O–H groups in total. The summed E-state index contributed by atoms with van der Waals surface area (Å²) < 4.78 is 0. The maximum absolute atomic E-state index is 11.5. The fourth-order valence-corrected chi connectivity index (χ4v) is 1.67. The van der Waals surface area contributed by atoms with Crippen LogP contribution >= 0.6 is 0 Å². The number of rotatable bonds is 5. The summed E-state index contributed by atoms with van der Waals surface area (Å²) in [6, 6.07) is 7.67. The van der Waals surface area contributed by atoms with Gasteiger partial charge in [-0.3, -0.25) is 4.79 Å². The van der Waals surface area contributed by atoms with Crippen LogP contribution in [0.25, 0.3) is 0 Å². The zero-order valence-electron chi connectivity index (χ0n) is 10.0. The van der Waals surface area contributed by atoms with Gasteiger partial charge < -0.3 is 15.3 Å². The third-order valence-corrected chi connectivity index (χ3v) is 2.96. The number of hydrogen-bond acceptors (Lipinski definition) is 3. The molecule has 4 heteroatoms. The van der Waals surface area contributed by atoms with E-state index in [0.717, 1.165) is 24.2 Å². The van der Waals surface area contributed by atoms with Gasteiger partial charge in [-0.1, -0.05) is 0 Å². The van der Waals surface area contributed by atoms with E-state index in [-0.39, 0.29) is 18.4 Å². The first kappa shape index (κ1) is 11.9. The molecule has 1 fully saturated rings. The average Bonchev–Trinajstić information content (AvgIpc) is 3.14. The average molecular weight is 234 g/mol. The number of carbonyl (C=O) groups excluding carboxylic acids is 1. The number of aliphatic hydroxyl groups excluding tert-OH is 1. The van der Waals surface area contributed by atoms with Gasteiger partial charge in [-0.15, -0.1) is 0 Å². The quantitative estimate of drug-likeness (QED) is 0.811. The number of anilines is 2. The van der Waals surface area contributed by atoms with E-state index in [1.165, 1.54) is 0 Å². The van der Waals surface area contributed by atoms with Crippen molar-refractivity contribution in [3.05, 3.63) is 24.3 Å². The molecule has 0 saturated heterocycles. The van der Waals surface area contributed by atoms with E-state index in [4.69, 9.17) is 5.11 Å². The largest absolute Gasteiger partial charge is 0.395 e. The number of carbonyl (C=O) groups is 1. The number of likely N-dealkylation sites (N-methyl/N-ethyl adjacent to an activating group) is 1. The van der Waals surface area contributed by atoms with E-state index in [2.05, 4.69) is 5.32 Å². The van der Waals surface area contributed by atoms with Gasteiger partial charge in [0.1, 0.15) is 0 Å². The van der Waals surface area contributed by atoms with Gasteiger partial charge in [0.05, 0.1) is 6.61 Å². The number of nitrogens with zero attached hydrogens (tertiary/aromatic N) is 1. The van der Waals surface area contributed by atoms with E-state index >= 15 is 0 Å². The first-order valence-electron chi connectivity index (χ1n) is 5.93. The van der Waals surface area contributed by atoms with Crippen LogP contribution in [0.3, 0.4) is 0 Å². The molecule has 2 rings (SSSR count). The molecule has 1 aliphatic carbocycles. The van der Waals surface area contributed by atoms with Gasteiger partial charge >= 0.3 is 0 Å². The second kappa shape index (κ2) is 5.19. The highest BCUT2D eigenvalue weighted by molar-refractivity contribution is 5.94. The Bertz CT molecular complexity index is 385. The van der Waals surface area contributed by atoms with Crippen LogP contribution in [0.1, 0.15) is 12.8 Å². The van der Waals surface area contributed by atoms with Gasteiger partial charge in [-0.2, -0.15) is 0 Å². The number of hydrogen-bond donors (Lipinski definition) is 2. The van der Waals surface area contributed by atoms with Gasteiger partial charge in [-0.05, 0) is 37.1 Å². The lowest BCUT2D eigenvalue weighted by atomic mass is 10.2. The second-order valence-corrected chi connectivity index (χ2v) is 4.46. The summed E-state index contributed by atoms with van der Waals surface area (Å²) in [7, 11) is 1.92. The van der Waals surface area contributed by atoms with Crippen LogP contribution in [0.5, 0.6) is 0 Å². The van der Waals surface area contributed by atoms with E-state index in [0.29, 0.717) is 6.54 Å². The lowest BCUT2D eigenvalue weighted by molar-refractivity contribution is -0.117. The molecule has 1 aromatic rings. The summed E-state index contributed by atoms with van der Waals surface area (Å²) in [5.41, 5.74) is 1.87. The smallest absolute Gasteiger partial charge is 0.227 e. The van der Waals surface area contributed by atoms with Gasteiger partial charge in [0.25, 0.3) is 0 Å². The molecular formula is C13H18N2O2. The molecule has 1 saturated carbocycles. The van der Waals surface area contributed by atoms with Gasteiger partial charge in [0.2, 0.25) is 5.91 Å². The molecule has 1 amide bonds. The van der Waals surface area contributed by atoms with Crippen LogP contribution in [0.15, 0.2) is 24.3 Å². The molecule has 0 spiro atoms. The zero-order valence-corrected chi connectivity index (χ0v) is 10.0. The Morgan fingerprint density at radius 1 is 1.41 bits per heavy atom. The summed E-state index contributed by atoms with van der Waals surface area (Å²) in [4.78, 5) is 13.5. The van der Waals surface area contributed by atoms with Crippen molar-refractivity contribution in [3.8, 4) is 0 Å². The molecule has 1 aliphatic rings. The standard InChI is InChI=1S/C13H18N2O2/c1-15(8-9-16)12-6-4-11(5-7-12)14-13(17)10-2-3-10/h4-7,10,16H,2-3,8-9H2,1H3,(H,14,17). The number of amides is 1.